The minimum atomic E-state index is 0.657. The van der Waals surface area contributed by atoms with Crippen LogP contribution in [-0.4, -0.2) is 21.1 Å². The number of unbranched alkanes of at least 4 members (excludes halogenated alkanes) is 2. The fraction of sp³-hybridized carbons (Fsp3) is 0.207. The number of anilines is 1. The summed E-state index contributed by atoms with van der Waals surface area (Å²) in [4.78, 5) is 9.41. The van der Waals surface area contributed by atoms with Gasteiger partial charge in [0.05, 0.1) is 16.8 Å². The Kier molecular flexibility index (Phi) is 5.97. The van der Waals surface area contributed by atoms with Crippen molar-refractivity contribution in [2.24, 2.45) is 0 Å². The van der Waals surface area contributed by atoms with Crippen LogP contribution in [0.2, 0.25) is 0 Å². The van der Waals surface area contributed by atoms with Gasteiger partial charge < -0.3 is 9.88 Å². The van der Waals surface area contributed by atoms with Gasteiger partial charge in [-0.25, -0.2) is 4.98 Å². The first kappa shape index (κ1) is 21.7. The molecule has 0 fully saturated rings. The van der Waals surface area contributed by atoms with E-state index in [1.165, 1.54) is 12.8 Å². The lowest BCUT2D eigenvalue weighted by Crippen LogP contribution is -2.04. The molecule has 3 aromatic heterocycles. The zero-order chi connectivity index (χ0) is 23.5. The summed E-state index contributed by atoms with van der Waals surface area (Å²) < 4.78 is 2.11. The maximum atomic E-state index is 9.58. The highest BCUT2D eigenvalue weighted by Gasteiger charge is 2.15. The first-order valence-electron chi connectivity index (χ1n) is 11.8. The van der Waals surface area contributed by atoms with Crippen molar-refractivity contribution in [3.63, 3.8) is 0 Å². The molecule has 0 radical (unpaired) electrons. The standard InChI is InChI=1S/C29H27N5/c1-3-4-7-13-31-27-16-24(11-10-22(27)17-30)34-19-20(2)28-25(12-14-32-29(28)34)23-15-21-8-5-6-9-26(21)33-18-23/h5-6,8-12,14-16,18-19,31H,3-4,7,13H2,1-2H3. The Morgan fingerprint density at radius 2 is 1.91 bits per heavy atom. The number of nitrogens with zero attached hydrogens (tertiary/aromatic N) is 4. The molecule has 0 aliphatic carbocycles. The summed E-state index contributed by atoms with van der Waals surface area (Å²) >= 11 is 0. The van der Waals surface area contributed by atoms with Crippen LogP contribution in [0.15, 0.2) is 73.2 Å². The van der Waals surface area contributed by atoms with Gasteiger partial charge in [0.1, 0.15) is 11.7 Å². The molecule has 5 rings (SSSR count). The quantitative estimate of drug-likeness (QED) is 0.273. The Morgan fingerprint density at radius 1 is 1.03 bits per heavy atom. The summed E-state index contributed by atoms with van der Waals surface area (Å²) in [6.45, 7) is 5.16. The molecule has 168 valence electrons. The average molecular weight is 446 g/mol. The molecular formula is C29H27N5. The van der Waals surface area contributed by atoms with E-state index < -0.39 is 0 Å². The van der Waals surface area contributed by atoms with Gasteiger partial charge in [0, 0.05) is 47.2 Å². The van der Waals surface area contributed by atoms with Gasteiger partial charge in [0.15, 0.2) is 0 Å². The lowest BCUT2D eigenvalue weighted by Gasteiger charge is -2.12. The summed E-state index contributed by atoms with van der Waals surface area (Å²) in [5.74, 6) is 0. The monoisotopic (exact) mass is 445 g/mol. The molecular weight excluding hydrogens is 418 g/mol. The molecule has 34 heavy (non-hydrogen) atoms. The highest BCUT2D eigenvalue weighted by Crippen LogP contribution is 2.34. The van der Waals surface area contributed by atoms with E-state index in [1.807, 2.05) is 42.7 Å². The largest absolute Gasteiger partial charge is 0.384 e. The molecule has 2 aromatic carbocycles. The number of benzene rings is 2. The molecule has 0 aliphatic heterocycles. The maximum absolute atomic E-state index is 9.58. The van der Waals surface area contributed by atoms with Gasteiger partial charge in [-0.2, -0.15) is 5.26 Å². The molecule has 0 amide bonds. The number of aromatic nitrogens is 3. The second-order valence-corrected chi connectivity index (χ2v) is 8.63. The third-order valence-corrected chi connectivity index (χ3v) is 6.28. The highest BCUT2D eigenvalue weighted by atomic mass is 15.0. The van der Waals surface area contributed by atoms with Crippen molar-refractivity contribution >= 4 is 27.6 Å². The van der Waals surface area contributed by atoms with Gasteiger partial charge in [-0.3, -0.25) is 4.98 Å². The number of fused-ring (bicyclic) bond motifs is 2. The number of para-hydroxylation sites is 1. The SMILES string of the molecule is CCCCCNc1cc(-n2cc(C)c3c(-c4cnc5ccccc5c4)ccnc32)ccc1C#N. The minimum Gasteiger partial charge on any atom is -0.384 e. The number of aryl methyl sites for hydroxylation is 1. The van der Waals surface area contributed by atoms with Crippen molar-refractivity contribution in [1.82, 2.24) is 14.5 Å². The number of hydrogen-bond acceptors (Lipinski definition) is 4. The van der Waals surface area contributed by atoms with Crippen LogP contribution in [0.5, 0.6) is 0 Å². The minimum absolute atomic E-state index is 0.657. The van der Waals surface area contributed by atoms with Crippen molar-refractivity contribution < 1.29 is 0 Å². The van der Waals surface area contributed by atoms with Crippen molar-refractivity contribution in [3.8, 4) is 22.9 Å². The number of pyridine rings is 2. The number of rotatable bonds is 7. The molecule has 0 aliphatic rings. The fourth-order valence-electron chi connectivity index (χ4n) is 4.52. The Bertz CT molecular complexity index is 1520. The summed E-state index contributed by atoms with van der Waals surface area (Å²) in [5, 5.41) is 15.3. The number of hydrogen-bond donors (Lipinski definition) is 1. The van der Waals surface area contributed by atoms with E-state index in [-0.39, 0.29) is 0 Å². The van der Waals surface area contributed by atoms with Crippen LogP contribution < -0.4 is 5.32 Å². The summed E-state index contributed by atoms with van der Waals surface area (Å²) in [7, 11) is 0. The molecule has 5 aromatic rings. The van der Waals surface area contributed by atoms with Crippen LogP contribution in [0.3, 0.4) is 0 Å². The molecule has 0 spiro atoms. The van der Waals surface area contributed by atoms with E-state index >= 15 is 0 Å². The van der Waals surface area contributed by atoms with E-state index in [2.05, 4.69) is 65.2 Å². The van der Waals surface area contributed by atoms with Crippen molar-refractivity contribution in [3.05, 3.63) is 84.3 Å². The molecule has 0 unspecified atom stereocenters. The van der Waals surface area contributed by atoms with Crippen LogP contribution >= 0.6 is 0 Å². The Hall–Kier alpha value is -4.17. The highest BCUT2D eigenvalue weighted by molar-refractivity contribution is 5.98. The smallest absolute Gasteiger partial charge is 0.145 e. The summed E-state index contributed by atoms with van der Waals surface area (Å²) in [6.07, 6.45) is 9.35. The van der Waals surface area contributed by atoms with Crippen molar-refractivity contribution in [2.75, 3.05) is 11.9 Å². The molecule has 5 heteroatoms. The zero-order valence-corrected chi connectivity index (χ0v) is 19.5. The van der Waals surface area contributed by atoms with E-state index in [9.17, 15) is 5.26 Å². The van der Waals surface area contributed by atoms with Crippen molar-refractivity contribution in [1.29, 1.82) is 5.26 Å². The van der Waals surface area contributed by atoms with Gasteiger partial charge in [0.25, 0.3) is 0 Å². The van der Waals surface area contributed by atoms with E-state index in [4.69, 9.17) is 4.98 Å². The third-order valence-electron chi connectivity index (χ3n) is 6.28. The summed E-state index contributed by atoms with van der Waals surface area (Å²) in [5.41, 5.74) is 7.72. The van der Waals surface area contributed by atoms with Gasteiger partial charge in [-0.15, -0.1) is 0 Å². The van der Waals surface area contributed by atoms with E-state index in [0.717, 1.165) is 63.0 Å². The molecule has 3 heterocycles. The second kappa shape index (κ2) is 9.36. The van der Waals surface area contributed by atoms with Gasteiger partial charge in [-0.05, 0) is 60.9 Å². The van der Waals surface area contributed by atoms with Crippen LogP contribution in [0.25, 0.3) is 38.8 Å². The van der Waals surface area contributed by atoms with Gasteiger partial charge >= 0.3 is 0 Å². The molecule has 5 nitrogen and oxygen atoms in total. The summed E-state index contributed by atoms with van der Waals surface area (Å²) in [6, 6.07) is 20.6. The first-order valence-corrected chi connectivity index (χ1v) is 11.8. The second-order valence-electron chi connectivity index (χ2n) is 8.63. The van der Waals surface area contributed by atoms with Crippen LogP contribution in [0.1, 0.15) is 37.3 Å². The van der Waals surface area contributed by atoms with Crippen LogP contribution in [0.4, 0.5) is 5.69 Å². The Balaban J connectivity index is 1.59. The van der Waals surface area contributed by atoms with Gasteiger partial charge in [0.2, 0.25) is 0 Å². The van der Waals surface area contributed by atoms with Crippen LogP contribution in [-0.2, 0) is 0 Å². The predicted octanol–water partition coefficient (Wildman–Crippen LogP) is 7.02. The van der Waals surface area contributed by atoms with Gasteiger partial charge in [-0.1, -0.05) is 38.0 Å². The molecule has 0 saturated heterocycles. The lowest BCUT2D eigenvalue weighted by atomic mass is 10.0. The number of nitrogens with one attached hydrogen (secondary N) is 1. The number of nitriles is 1. The molecule has 0 atom stereocenters. The Morgan fingerprint density at radius 3 is 2.76 bits per heavy atom. The van der Waals surface area contributed by atoms with Crippen LogP contribution in [0, 0.1) is 18.3 Å². The third kappa shape index (κ3) is 3.99. The first-order chi connectivity index (χ1) is 16.7. The molecule has 0 bridgehead atoms. The lowest BCUT2D eigenvalue weighted by molar-refractivity contribution is 0.743. The molecule has 1 N–H and O–H groups in total. The maximum Gasteiger partial charge on any atom is 0.145 e. The zero-order valence-electron chi connectivity index (χ0n) is 19.5. The average Bonchev–Trinajstić information content (AvgIpc) is 3.23. The van der Waals surface area contributed by atoms with Crippen molar-refractivity contribution in [2.45, 2.75) is 33.1 Å². The fourth-order valence-corrected chi connectivity index (χ4v) is 4.52. The predicted molar refractivity (Wildman–Crippen MR) is 139 cm³/mol. The normalized spacial score (nSPS) is 11.1. The van der Waals surface area contributed by atoms with E-state index in [1.54, 1.807) is 0 Å². The Labute approximate surface area is 199 Å². The van der Waals surface area contributed by atoms with E-state index in [0.29, 0.717) is 5.56 Å². The topological polar surface area (TPSA) is 66.5 Å². The molecule has 0 saturated carbocycles.